The molecule has 0 amide bonds. The molecule has 0 fully saturated rings. The summed E-state index contributed by atoms with van der Waals surface area (Å²) < 4.78 is 34.1. The van der Waals surface area contributed by atoms with E-state index in [1.54, 1.807) is 12.1 Å². The third-order valence-corrected chi connectivity index (χ3v) is 20.6. The number of fused-ring (bicyclic) bond motifs is 6. The maximum Gasteiger partial charge on any atom is 0.0852 e. The zero-order valence-corrected chi connectivity index (χ0v) is 49.3. The Labute approximate surface area is 462 Å². The molecule has 3 nitrogen and oxygen atoms in total. The van der Waals surface area contributed by atoms with Gasteiger partial charge in [0.25, 0.3) is 0 Å². The topological polar surface area (TPSA) is 30.7 Å². The molecule has 6 heteroatoms. The van der Waals surface area contributed by atoms with Crippen LogP contribution < -0.4 is 15.6 Å². The molecular weight excluding hydrogens is 1110 g/mol. The van der Waals surface area contributed by atoms with Crippen molar-refractivity contribution >= 4 is 53.5 Å². The van der Waals surface area contributed by atoms with Crippen molar-refractivity contribution in [2.75, 3.05) is 0 Å². The number of hydrogen-bond donors (Lipinski definition) is 0. The van der Waals surface area contributed by atoms with Gasteiger partial charge in [-0.2, -0.15) is 0 Å². The van der Waals surface area contributed by atoms with Crippen LogP contribution >= 0.6 is 0 Å². The first-order chi connectivity index (χ1) is 36.2. The van der Waals surface area contributed by atoms with Gasteiger partial charge in [-0.15, -0.1) is 64.3 Å². The molecule has 2 aromatic heterocycles. The number of aromatic nitrogens is 3. The van der Waals surface area contributed by atoms with Crippen LogP contribution in [0.4, 0.5) is 0 Å². The zero-order chi connectivity index (χ0) is 55.0. The van der Waals surface area contributed by atoms with Gasteiger partial charge in [-0.3, -0.25) is 4.98 Å². The summed E-state index contributed by atoms with van der Waals surface area (Å²) in [7, 11) is -3.53. The van der Waals surface area contributed by atoms with E-state index in [1.165, 1.54) is 66.0 Å². The molecule has 1 atom stereocenters. The average molecular weight is 1180 g/mol. The van der Waals surface area contributed by atoms with Crippen LogP contribution in [-0.4, -0.2) is 30.7 Å². The third-order valence-electron chi connectivity index (χ3n) is 15.0. The summed E-state index contributed by atoms with van der Waals surface area (Å²) >= 11 is 0. The number of nitrogens with zero attached hydrogens (tertiary/aromatic N) is 3. The Kier molecular flexibility index (Phi) is 12.9. The molecule has 1 unspecified atom stereocenters. The molecule has 0 aliphatic carbocycles. The fourth-order valence-electron chi connectivity index (χ4n) is 10.5. The maximum atomic E-state index is 9.12. The molecule has 0 spiro atoms. The van der Waals surface area contributed by atoms with Crippen molar-refractivity contribution in [2.45, 2.75) is 99.4 Å². The van der Waals surface area contributed by atoms with Crippen LogP contribution in [0.2, 0.25) is 32.7 Å². The second kappa shape index (κ2) is 20.1. The van der Waals surface area contributed by atoms with Crippen molar-refractivity contribution in [2.24, 2.45) is 5.41 Å². The van der Waals surface area contributed by atoms with E-state index in [0.717, 1.165) is 50.3 Å². The Bertz CT molecular complexity index is 3780. The zero-order valence-electron chi connectivity index (χ0n) is 48.9. The Balaban J connectivity index is 0.000000225. The van der Waals surface area contributed by atoms with Gasteiger partial charge in [-0.1, -0.05) is 226 Å². The number of aryl methyl sites for hydroxylation is 1. The molecule has 1 radical (unpaired) electrons. The van der Waals surface area contributed by atoms with E-state index in [2.05, 4.69) is 242 Å². The van der Waals surface area contributed by atoms with Gasteiger partial charge in [0, 0.05) is 48.3 Å². The number of hydrogen-bond acceptors (Lipinski definition) is 2. The molecule has 0 saturated carbocycles. The third kappa shape index (κ3) is 9.90. The summed E-state index contributed by atoms with van der Waals surface area (Å²) in [5, 5.41) is 6.47. The van der Waals surface area contributed by atoms with Crippen LogP contribution in [0.3, 0.4) is 0 Å². The SMILES string of the molecule is CC(C)(C)c1cc(-c2ccccc2)c(-n2c(-c3[c-]cc4c(c3)-c3ccccc3[Si]4(C)C)nc3c4ccccc4ccc32)c(-c2ccccc2)c1.[2H]C([2H])([2H])c1c[c-]c(-c2cc(C([2H])(C)C(C)(C)C)c([Si](C)(C)C)cn2)cc1.[Ir]. The smallest absolute Gasteiger partial charge is 0.0852 e. The van der Waals surface area contributed by atoms with Crippen molar-refractivity contribution < 1.29 is 25.6 Å². The Morgan fingerprint density at radius 3 is 1.88 bits per heavy atom. The quantitative estimate of drug-likeness (QED) is 0.118. The predicted molar refractivity (Wildman–Crippen MR) is 319 cm³/mol. The summed E-state index contributed by atoms with van der Waals surface area (Å²) in [6.45, 7) is 24.7. The van der Waals surface area contributed by atoms with Crippen LogP contribution in [0.1, 0.15) is 76.5 Å². The maximum absolute atomic E-state index is 9.12. The molecule has 0 saturated heterocycles. The molecule has 10 aromatic rings. The second-order valence-corrected chi connectivity index (χ2v) is 32.8. The van der Waals surface area contributed by atoms with Gasteiger partial charge in [0.1, 0.15) is 0 Å². The number of rotatable bonds is 7. The molecule has 74 heavy (non-hydrogen) atoms. The van der Waals surface area contributed by atoms with Gasteiger partial charge in [-0.25, -0.2) is 0 Å². The summed E-state index contributed by atoms with van der Waals surface area (Å²) in [5.74, 6) is 0.125. The Hall–Kier alpha value is -6.28. The standard InChI is InChI=1S/C47H39N2Si.C21H30NSi.Ir/c1-47(2,3)35-29-38(31-16-8-6-9-17-31)45(39(30-35)32-18-10-7-11-19-32)49-41-26-24-33-20-12-13-21-36(33)44(41)48-46(49)34-25-27-43-40(28-34)37-22-14-15-23-42(37)50(43,4)5;1-15-9-11-17(12-10-15)19-13-18(16(2)21(3,4)5)20(14-22-19)23(6,7)8;/h6-24,26-30H,1-5H3;9-11,13-14,16H,1-8H3;/q2*-1;/i;1D3,16D;. The number of pyridine rings is 1. The van der Waals surface area contributed by atoms with E-state index in [-0.39, 0.29) is 36.5 Å². The van der Waals surface area contributed by atoms with E-state index in [0.29, 0.717) is 0 Å². The van der Waals surface area contributed by atoms with Gasteiger partial charge >= 0.3 is 0 Å². The molecule has 3 heterocycles. The van der Waals surface area contributed by atoms with Crippen LogP contribution in [-0.2, 0) is 25.5 Å². The monoisotopic (exact) mass is 1180 g/mol. The van der Waals surface area contributed by atoms with E-state index < -0.39 is 28.9 Å². The summed E-state index contributed by atoms with van der Waals surface area (Å²) in [4.78, 5) is 10.2. The fraction of sp³-hybridized carbons (Fsp3) is 0.235. The van der Waals surface area contributed by atoms with Crippen molar-refractivity contribution in [3.8, 4) is 61.7 Å². The van der Waals surface area contributed by atoms with E-state index in [9.17, 15) is 0 Å². The second-order valence-electron chi connectivity index (χ2n) is 23.4. The van der Waals surface area contributed by atoms with Gasteiger partial charge in [0.05, 0.1) is 38.7 Å². The van der Waals surface area contributed by atoms with Crippen LogP contribution in [0.15, 0.2) is 176 Å². The van der Waals surface area contributed by atoms with Crippen molar-refractivity contribution in [1.29, 1.82) is 0 Å². The van der Waals surface area contributed by atoms with E-state index in [1.807, 2.05) is 19.2 Å². The van der Waals surface area contributed by atoms with Crippen LogP contribution in [0, 0.1) is 24.4 Å². The van der Waals surface area contributed by atoms with Crippen LogP contribution in [0.25, 0.3) is 83.5 Å². The first-order valence-corrected chi connectivity index (χ1v) is 32.2. The van der Waals surface area contributed by atoms with Gasteiger partial charge in [-0.05, 0) is 73.4 Å². The number of benzene rings is 8. The first kappa shape index (κ1) is 47.4. The molecule has 375 valence electrons. The summed E-state index contributed by atoms with van der Waals surface area (Å²) in [5.41, 5.74) is 15.4. The van der Waals surface area contributed by atoms with Gasteiger partial charge in [0.2, 0.25) is 0 Å². The van der Waals surface area contributed by atoms with Gasteiger partial charge in [0.15, 0.2) is 0 Å². The molecular formula is C68H69IrN3Si2-2. The predicted octanol–water partition coefficient (Wildman–Crippen LogP) is 16.6. The average Bonchev–Trinajstić information content (AvgIpc) is 4.14. The molecule has 1 aliphatic rings. The minimum atomic E-state index is -2.14. The van der Waals surface area contributed by atoms with E-state index >= 15 is 0 Å². The number of imidazole rings is 1. The minimum Gasteiger partial charge on any atom is -0.332 e. The normalized spacial score (nSPS) is 14.8. The molecule has 0 N–H and O–H groups in total. The molecule has 0 bridgehead atoms. The Morgan fingerprint density at radius 1 is 0.649 bits per heavy atom. The van der Waals surface area contributed by atoms with Crippen LogP contribution in [0.5, 0.6) is 0 Å². The van der Waals surface area contributed by atoms with Crippen molar-refractivity contribution in [3.63, 3.8) is 0 Å². The largest absolute Gasteiger partial charge is 0.332 e. The molecule has 11 rings (SSSR count). The van der Waals surface area contributed by atoms with Gasteiger partial charge < -0.3 is 9.55 Å². The fourth-order valence-corrected chi connectivity index (χ4v) is 15.0. The molecule has 1 aliphatic heterocycles. The van der Waals surface area contributed by atoms with Crippen molar-refractivity contribution in [3.05, 3.63) is 205 Å². The first-order valence-electron chi connectivity index (χ1n) is 27.7. The molecule has 8 aromatic carbocycles. The van der Waals surface area contributed by atoms with Crippen molar-refractivity contribution in [1.82, 2.24) is 14.5 Å². The summed E-state index contributed by atoms with van der Waals surface area (Å²) in [6, 6.07) is 67.0. The minimum absolute atomic E-state index is 0. The Morgan fingerprint density at radius 2 is 1.27 bits per heavy atom. The summed E-state index contributed by atoms with van der Waals surface area (Å²) in [6.07, 6.45) is 1.92. The van der Waals surface area contributed by atoms with E-state index in [4.69, 9.17) is 10.5 Å².